The van der Waals surface area contributed by atoms with Crippen molar-refractivity contribution in [3.05, 3.63) is 0 Å². The summed E-state index contributed by atoms with van der Waals surface area (Å²) in [6.07, 6.45) is 3.97. The lowest BCUT2D eigenvalue weighted by Gasteiger charge is -2.15. The zero-order chi connectivity index (χ0) is 12.0. The Morgan fingerprint density at radius 2 is 1.36 bits per heavy atom. The molecule has 0 saturated carbocycles. The summed E-state index contributed by atoms with van der Waals surface area (Å²) >= 11 is 0. The smallest absolute Gasteiger partial charge is 0.00410 e. The second kappa shape index (κ2) is 18.7. The highest BCUT2D eigenvalue weighted by Gasteiger charge is 2.00. The molecule has 0 rings (SSSR count). The summed E-state index contributed by atoms with van der Waals surface area (Å²) in [7, 11) is 0. The molecule has 0 fully saturated rings. The van der Waals surface area contributed by atoms with Crippen LogP contribution >= 0.6 is 0 Å². The quantitative estimate of drug-likeness (QED) is 0.688. The lowest BCUT2D eigenvalue weighted by molar-refractivity contribution is 0.453. The van der Waals surface area contributed by atoms with Crippen LogP contribution < -0.4 is 5.32 Å². The molecule has 0 aromatic rings. The van der Waals surface area contributed by atoms with Gasteiger partial charge in [-0.1, -0.05) is 61.3 Å². The van der Waals surface area contributed by atoms with Crippen LogP contribution in [0.4, 0.5) is 0 Å². The molecule has 0 spiro atoms. The zero-order valence-electron chi connectivity index (χ0n) is 11.8. The highest BCUT2D eigenvalue weighted by Crippen LogP contribution is 1.99. The Balaban J connectivity index is -0.000000266. The first kappa shape index (κ1) is 19.5. The first-order valence-electron chi connectivity index (χ1n) is 6.42. The maximum atomic E-state index is 3.48. The van der Waals surface area contributed by atoms with Crippen molar-refractivity contribution < 1.29 is 0 Å². The molecule has 1 atom stereocenters. The third kappa shape index (κ3) is 22.7. The van der Waals surface area contributed by atoms with Crippen molar-refractivity contribution in [3.63, 3.8) is 0 Å². The van der Waals surface area contributed by atoms with Gasteiger partial charge in [0, 0.05) is 12.1 Å². The predicted octanol–water partition coefficient (Wildman–Crippen LogP) is 4.62. The second-order valence-electron chi connectivity index (χ2n) is 3.36. The molecule has 0 radical (unpaired) electrons. The van der Waals surface area contributed by atoms with Gasteiger partial charge in [0.25, 0.3) is 0 Å². The van der Waals surface area contributed by atoms with E-state index in [4.69, 9.17) is 0 Å². The lowest BCUT2D eigenvalue weighted by Crippen LogP contribution is -2.32. The van der Waals surface area contributed by atoms with Gasteiger partial charge < -0.3 is 5.32 Å². The van der Waals surface area contributed by atoms with E-state index in [-0.39, 0.29) is 0 Å². The van der Waals surface area contributed by atoms with Gasteiger partial charge in [-0.15, -0.1) is 0 Å². The summed E-state index contributed by atoms with van der Waals surface area (Å²) in [4.78, 5) is 0. The van der Waals surface area contributed by atoms with Crippen LogP contribution in [0.1, 0.15) is 74.7 Å². The molecule has 0 aromatic heterocycles. The van der Waals surface area contributed by atoms with E-state index in [2.05, 4.69) is 33.0 Å². The van der Waals surface area contributed by atoms with Gasteiger partial charge in [-0.3, -0.25) is 0 Å². The molecule has 1 N–H and O–H groups in total. The molecule has 0 aliphatic rings. The van der Waals surface area contributed by atoms with E-state index < -0.39 is 0 Å². The van der Waals surface area contributed by atoms with E-state index in [0.717, 1.165) is 0 Å². The van der Waals surface area contributed by atoms with E-state index in [1.165, 1.54) is 19.3 Å². The molecule has 0 aromatic carbocycles. The molecule has 1 unspecified atom stereocenters. The van der Waals surface area contributed by atoms with Crippen LogP contribution in [-0.2, 0) is 0 Å². The topological polar surface area (TPSA) is 12.0 Å². The number of unbranched alkanes of at least 4 members (excludes halogenated alkanes) is 1. The summed E-state index contributed by atoms with van der Waals surface area (Å²) in [5, 5.41) is 3.48. The van der Waals surface area contributed by atoms with Crippen molar-refractivity contribution in [1.82, 2.24) is 5.32 Å². The average Bonchev–Trinajstić information content (AvgIpc) is 2.20. The second-order valence-corrected chi connectivity index (χ2v) is 3.36. The summed E-state index contributed by atoms with van der Waals surface area (Å²) < 4.78 is 0. The van der Waals surface area contributed by atoms with Crippen molar-refractivity contribution >= 4 is 0 Å². The number of nitrogens with one attached hydrogen (secondary N) is 1. The lowest BCUT2D eigenvalue weighted by atomic mass is 10.1. The SMILES string of the molecule is CC.CC.CCCCC(C)NC(C)C. The Morgan fingerprint density at radius 1 is 0.929 bits per heavy atom. The van der Waals surface area contributed by atoms with Crippen LogP contribution in [0.2, 0.25) is 0 Å². The Morgan fingerprint density at radius 3 is 1.64 bits per heavy atom. The van der Waals surface area contributed by atoms with E-state index in [0.29, 0.717) is 12.1 Å². The van der Waals surface area contributed by atoms with Gasteiger partial charge in [-0.2, -0.15) is 0 Å². The average molecular weight is 203 g/mol. The number of hydrogen-bond acceptors (Lipinski definition) is 1. The van der Waals surface area contributed by atoms with Gasteiger partial charge in [0.05, 0.1) is 0 Å². The molecule has 1 nitrogen and oxygen atoms in total. The Labute approximate surface area is 92.7 Å². The minimum absolute atomic E-state index is 0.631. The third-order valence-corrected chi connectivity index (χ3v) is 1.61. The molecule has 0 aliphatic carbocycles. The number of hydrogen-bond donors (Lipinski definition) is 1. The van der Waals surface area contributed by atoms with Crippen molar-refractivity contribution in [2.24, 2.45) is 0 Å². The molecule has 14 heavy (non-hydrogen) atoms. The summed E-state index contributed by atoms with van der Waals surface area (Å²) in [5.74, 6) is 0. The summed E-state index contributed by atoms with van der Waals surface area (Å²) in [6.45, 7) is 16.9. The summed E-state index contributed by atoms with van der Waals surface area (Å²) in [6, 6.07) is 1.33. The van der Waals surface area contributed by atoms with Crippen LogP contribution in [0.5, 0.6) is 0 Å². The first-order chi connectivity index (χ1) is 6.66. The minimum Gasteiger partial charge on any atom is -0.312 e. The van der Waals surface area contributed by atoms with Crippen LogP contribution in [0.3, 0.4) is 0 Å². The Hall–Kier alpha value is -0.0400. The molecule has 0 saturated heterocycles. The zero-order valence-corrected chi connectivity index (χ0v) is 11.8. The molecular weight excluding hydrogens is 170 g/mol. The molecule has 90 valence electrons. The van der Waals surface area contributed by atoms with Crippen LogP contribution in [-0.4, -0.2) is 12.1 Å². The van der Waals surface area contributed by atoms with E-state index in [1.807, 2.05) is 27.7 Å². The summed E-state index contributed by atoms with van der Waals surface area (Å²) in [5.41, 5.74) is 0. The molecule has 0 aliphatic heterocycles. The normalized spacial score (nSPS) is 10.9. The predicted molar refractivity (Wildman–Crippen MR) is 70.0 cm³/mol. The van der Waals surface area contributed by atoms with Crippen molar-refractivity contribution in [3.8, 4) is 0 Å². The van der Waals surface area contributed by atoms with Gasteiger partial charge in [-0.05, 0) is 13.3 Å². The van der Waals surface area contributed by atoms with E-state index in [1.54, 1.807) is 0 Å². The monoisotopic (exact) mass is 203 g/mol. The molecular formula is C13H33N. The highest BCUT2D eigenvalue weighted by molar-refractivity contribution is 4.62. The first-order valence-corrected chi connectivity index (χ1v) is 6.42. The standard InChI is InChI=1S/C9H21N.2C2H6/c1-5-6-7-9(4)10-8(2)3;2*1-2/h8-10H,5-7H2,1-4H3;2*1-2H3. The highest BCUT2D eigenvalue weighted by atomic mass is 14.9. The molecule has 0 amide bonds. The fourth-order valence-electron chi connectivity index (χ4n) is 1.16. The largest absolute Gasteiger partial charge is 0.312 e. The fourth-order valence-corrected chi connectivity index (χ4v) is 1.16. The molecule has 0 bridgehead atoms. The van der Waals surface area contributed by atoms with Crippen molar-refractivity contribution in [1.29, 1.82) is 0 Å². The van der Waals surface area contributed by atoms with Gasteiger partial charge >= 0.3 is 0 Å². The van der Waals surface area contributed by atoms with Gasteiger partial charge in [0.1, 0.15) is 0 Å². The fraction of sp³-hybridized carbons (Fsp3) is 1.00. The Kier molecular flexibility index (Phi) is 26.1. The van der Waals surface area contributed by atoms with Crippen LogP contribution in [0.15, 0.2) is 0 Å². The van der Waals surface area contributed by atoms with E-state index in [9.17, 15) is 0 Å². The third-order valence-electron chi connectivity index (χ3n) is 1.61. The Bertz CT molecular complexity index is 69.6. The van der Waals surface area contributed by atoms with Gasteiger partial charge in [0.15, 0.2) is 0 Å². The van der Waals surface area contributed by atoms with Crippen molar-refractivity contribution in [2.75, 3.05) is 0 Å². The van der Waals surface area contributed by atoms with Crippen LogP contribution in [0.25, 0.3) is 0 Å². The van der Waals surface area contributed by atoms with Crippen LogP contribution in [0, 0.1) is 0 Å². The maximum Gasteiger partial charge on any atom is 0.00410 e. The van der Waals surface area contributed by atoms with Gasteiger partial charge in [0.2, 0.25) is 0 Å². The van der Waals surface area contributed by atoms with E-state index >= 15 is 0 Å². The molecule has 1 heteroatoms. The van der Waals surface area contributed by atoms with Gasteiger partial charge in [-0.25, -0.2) is 0 Å². The minimum atomic E-state index is 0.631. The maximum absolute atomic E-state index is 3.48. The molecule has 0 heterocycles. The number of rotatable bonds is 5. The van der Waals surface area contributed by atoms with Crippen molar-refractivity contribution in [2.45, 2.75) is 86.7 Å².